The van der Waals surface area contributed by atoms with Gasteiger partial charge in [0.25, 0.3) is 17.5 Å². The van der Waals surface area contributed by atoms with Crippen LogP contribution in [0, 0.1) is 17.0 Å². The van der Waals surface area contributed by atoms with Gasteiger partial charge in [-0.15, -0.1) is 10.2 Å². The van der Waals surface area contributed by atoms with Crippen LogP contribution in [0.15, 0.2) is 70.9 Å². The largest absolute Gasteiger partial charge is 0.383 e. The molecule has 0 atom stereocenters. The van der Waals surface area contributed by atoms with Gasteiger partial charge in [0.2, 0.25) is 0 Å². The van der Waals surface area contributed by atoms with E-state index in [4.69, 9.17) is 4.74 Å². The minimum atomic E-state index is -0.454. The van der Waals surface area contributed by atoms with Gasteiger partial charge in [0.15, 0.2) is 5.00 Å². The van der Waals surface area contributed by atoms with E-state index < -0.39 is 4.92 Å². The molecular weight excluding hydrogens is 520 g/mol. The number of aryl methyl sites for hydroxylation is 1. The van der Waals surface area contributed by atoms with Crippen molar-refractivity contribution in [2.24, 2.45) is 10.2 Å². The molecule has 1 aromatic heterocycles. The molecule has 2 amide bonds. The van der Waals surface area contributed by atoms with Crippen LogP contribution in [0.1, 0.15) is 26.3 Å². The molecule has 4 aromatic rings. The molecule has 0 saturated carbocycles. The number of aromatic nitrogens is 1. The molecule has 2 heterocycles. The minimum absolute atomic E-state index is 0.0305. The number of anilines is 1. The third-order valence-electron chi connectivity index (χ3n) is 6.48. The summed E-state index contributed by atoms with van der Waals surface area (Å²) in [5.41, 5.74) is 3.84. The average Bonchev–Trinajstić information content (AvgIpc) is 3.46. The Bertz CT molecular complexity index is 1580. The third-order valence-corrected chi connectivity index (χ3v) is 7.25. The van der Waals surface area contributed by atoms with Crippen molar-refractivity contribution in [2.45, 2.75) is 6.92 Å². The summed E-state index contributed by atoms with van der Waals surface area (Å²) in [6, 6.07) is 17.0. The number of hydrogen-bond donors (Lipinski definition) is 0. The predicted octanol–water partition coefficient (Wildman–Crippen LogP) is 5.68. The molecule has 1 aliphatic heterocycles. The van der Waals surface area contributed by atoms with Crippen LogP contribution in [0.5, 0.6) is 0 Å². The van der Waals surface area contributed by atoms with E-state index in [0.717, 1.165) is 22.8 Å². The maximum absolute atomic E-state index is 12.8. The first-order chi connectivity index (χ1) is 18.9. The van der Waals surface area contributed by atoms with Crippen LogP contribution in [-0.4, -0.2) is 59.4 Å². The van der Waals surface area contributed by atoms with Crippen molar-refractivity contribution in [1.29, 1.82) is 0 Å². The van der Waals surface area contributed by atoms with Gasteiger partial charge >= 0.3 is 0 Å². The number of nitro groups is 1. The predicted molar refractivity (Wildman–Crippen MR) is 148 cm³/mol. The van der Waals surface area contributed by atoms with Gasteiger partial charge in [-0.1, -0.05) is 12.1 Å². The molecule has 0 bridgehead atoms. The average molecular weight is 545 g/mol. The molecule has 198 valence electrons. The molecule has 0 radical (unpaired) electrons. The summed E-state index contributed by atoms with van der Waals surface area (Å²) >= 11 is 1.13. The normalized spacial score (nSPS) is 13.0. The first kappa shape index (κ1) is 26.1. The molecular formula is C27H24N6O5S. The van der Waals surface area contributed by atoms with E-state index in [9.17, 15) is 19.7 Å². The molecule has 0 fully saturated rings. The standard InChI is InChI=1S/C27H24N6O5S/c1-17-15-18(7-9-23(17)28-29-25-22-16-19(33(36)37)8-10-24(22)30-39-25)31(13-14-38-2)11-12-32-26(34)20-5-3-4-6-21(20)27(32)35/h3-10,15-16H,11-14H2,1-2H3/b29-28+. The molecule has 0 N–H and O–H groups in total. The zero-order valence-electron chi connectivity index (χ0n) is 21.2. The second kappa shape index (κ2) is 11.1. The quantitative estimate of drug-likeness (QED) is 0.109. The number of benzene rings is 3. The maximum atomic E-state index is 12.8. The number of nitro benzene ring substituents is 1. The Morgan fingerprint density at radius 1 is 1.03 bits per heavy atom. The fourth-order valence-corrected chi connectivity index (χ4v) is 5.07. The van der Waals surface area contributed by atoms with Gasteiger partial charge in [-0.2, -0.15) is 4.37 Å². The van der Waals surface area contributed by atoms with Gasteiger partial charge in [-0.3, -0.25) is 24.6 Å². The second-order valence-corrected chi connectivity index (χ2v) is 9.66. The fourth-order valence-electron chi connectivity index (χ4n) is 4.38. The molecule has 3 aromatic carbocycles. The van der Waals surface area contributed by atoms with E-state index in [0.29, 0.717) is 52.4 Å². The van der Waals surface area contributed by atoms with Gasteiger partial charge < -0.3 is 9.64 Å². The van der Waals surface area contributed by atoms with E-state index in [2.05, 4.69) is 19.5 Å². The van der Waals surface area contributed by atoms with Crippen LogP contribution < -0.4 is 4.90 Å². The summed E-state index contributed by atoms with van der Waals surface area (Å²) in [5.74, 6) is -0.565. The number of nitrogens with zero attached hydrogens (tertiary/aromatic N) is 6. The molecule has 1 aliphatic rings. The van der Waals surface area contributed by atoms with Crippen molar-refractivity contribution < 1.29 is 19.2 Å². The van der Waals surface area contributed by atoms with Gasteiger partial charge in [-0.25, -0.2) is 0 Å². The third kappa shape index (κ3) is 5.24. The molecule has 0 saturated heterocycles. The number of carbonyl (C=O) groups excluding carboxylic acids is 2. The highest BCUT2D eigenvalue weighted by Gasteiger charge is 2.35. The second-order valence-electron chi connectivity index (χ2n) is 8.90. The highest BCUT2D eigenvalue weighted by molar-refractivity contribution is 7.11. The number of methoxy groups -OCH3 is 1. The minimum Gasteiger partial charge on any atom is -0.383 e. The summed E-state index contributed by atoms with van der Waals surface area (Å²) in [6.07, 6.45) is 0. The number of fused-ring (bicyclic) bond motifs is 2. The topological polar surface area (TPSA) is 131 Å². The highest BCUT2D eigenvalue weighted by atomic mass is 32.1. The van der Waals surface area contributed by atoms with E-state index >= 15 is 0 Å². The van der Waals surface area contributed by atoms with Crippen molar-refractivity contribution >= 4 is 56.3 Å². The summed E-state index contributed by atoms with van der Waals surface area (Å²) in [4.78, 5) is 39.6. The Hall–Kier alpha value is -4.55. The van der Waals surface area contributed by atoms with E-state index in [1.807, 2.05) is 25.1 Å². The molecule has 0 aliphatic carbocycles. The molecule has 5 rings (SSSR count). The lowest BCUT2D eigenvalue weighted by atomic mass is 10.1. The Labute approximate surface area is 227 Å². The fraction of sp³-hybridized carbons (Fsp3) is 0.222. The van der Waals surface area contributed by atoms with Crippen LogP contribution in [0.2, 0.25) is 0 Å². The van der Waals surface area contributed by atoms with E-state index in [1.54, 1.807) is 37.4 Å². The summed E-state index contributed by atoms with van der Waals surface area (Å²) in [7, 11) is 1.62. The van der Waals surface area contributed by atoms with E-state index in [-0.39, 0.29) is 24.0 Å². The van der Waals surface area contributed by atoms with Crippen LogP contribution in [-0.2, 0) is 4.74 Å². The number of hydrogen-bond acceptors (Lipinski definition) is 10. The number of azo groups is 1. The van der Waals surface area contributed by atoms with Gasteiger partial charge in [0.05, 0.1) is 33.9 Å². The Morgan fingerprint density at radius 2 is 1.77 bits per heavy atom. The number of rotatable bonds is 10. The van der Waals surface area contributed by atoms with Crippen molar-refractivity contribution in [3.63, 3.8) is 0 Å². The van der Waals surface area contributed by atoms with Crippen molar-refractivity contribution in [2.75, 3.05) is 38.3 Å². The number of imide groups is 1. The number of non-ortho nitro benzene ring substituents is 1. The van der Waals surface area contributed by atoms with E-state index in [1.165, 1.54) is 17.0 Å². The SMILES string of the molecule is COCCN(CCN1C(=O)c2ccccc2C1=O)c1ccc(/N=N/c2snc3ccc([N+](=O)[O-])cc23)c(C)c1. The maximum Gasteiger partial charge on any atom is 0.270 e. The molecule has 11 nitrogen and oxygen atoms in total. The summed E-state index contributed by atoms with van der Waals surface area (Å²) in [6.45, 7) is 3.60. The summed E-state index contributed by atoms with van der Waals surface area (Å²) in [5, 5.41) is 20.9. The zero-order valence-corrected chi connectivity index (χ0v) is 22.1. The van der Waals surface area contributed by atoms with Crippen LogP contribution >= 0.6 is 11.5 Å². The Kier molecular flexibility index (Phi) is 7.39. The molecule has 0 unspecified atom stereocenters. The Morgan fingerprint density at radius 3 is 2.44 bits per heavy atom. The first-order valence-corrected chi connectivity index (χ1v) is 12.9. The molecule has 12 heteroatoms. The van der Waals surface area contributed by atoms with Crippen molar-refractivity contribution in [3.05, 3.63) is 87.5 Å². The highest BCUT2D eigenvalue weighted by Crippen LogP contribution is 2.35. The lowest BCUT2D eigenvalue weighted by molar-refractivity contribution is -0.384. The van der Waals surface area contributed by atoms with Crippen molar-refractivity contribution in [3.8, 4) is 0 Å². The number of amides is 2. The smallest absolute Gasteiger partial charge is 0.270 e. The van der Waals surface area contributed by atoms with Gasteiger partial charge in [0, 0.05) is 50.0 Å². The van der Waals surface area contributed by atoms with Gasteiger partial charge in [0.1, 0.15) is 0 Å². The lowest BCUT2D eigenvalue weighted by Gasteiger charge is -2.27. The lowest BCUT2D eigenvalue weighted by Crippen LogP contribution is -2.39. The first-order valence-electron chi connectivity index (χ1n) is 12.1. The monoisotopic (exact) mass is 544 g/mol. The molecule has 39 heavy (non-hydrogen) atoms. The zero-order chi connectivity index (χ0) is 27.5. The van der Waals surface area contributed by atoms with Crippen LogP contribution in [0.25, 0.3) is 10.9 Å². The number of carbonyl (C=O) groups is 2. The van der Waals surface area contributed by atoms with Crippen molar-refractivity contribution in [1.82, 2.24) is 9.27 Å². The van der Waals surface area contributed by atoms with Crippen LogP contribution in [0.4, 0.5) is 22.1 Å². The molecule has 0 spiro atoms. The summed E-state index contributed by atoms with van der Waals surface area (Å²) < 4.78 is 9.57. The Balaban J connectivity index is 1.33. The van der Waals surface area contributed by atoms with Crippen LogP contribution in [0.3, 0.4) is 0 Å². The van der Waals surface area contributed by atoms with Gasteiger partial charge in [-0.05, 0) is 60.4 Å². The number of ether oxygens (including phenoxy) is 1.